The highest BCUT2D eigenvalue weighted by Crippen LogP contribution is 2.23. The van der Waals surface area contributed by atoms with Crippen molar-refractivity contribution >= 4 is 11.3 Å². The van der Waals surface area contributed by atoms with Crippen LogP contribution in [-0.4, -0.2) is 6.54 Å². The van der Waals surface area contributed by atoms with Gasteiger partial charge < -0.3 is 9.73 Å². The van der Waals surface area contributed by atoms with Gasteiger partial charge in [0.15, 0.2) is 0 Å². The highest BCUT2D eigenvalue weighted by Gasteiger charge is 2.13. The maximum absolute atomic E-state index is 5.41. The first-order valence-corrected chi connectivity index (χ1v) is 6.57. The zero-order chi connectivity index (χ0) is 11.2. The zero-order valence-electron chi connectivity index (χ0n) is 9.48. The molecule has 0 spiro atoms. The van der Waals surface area contributed by atoms with Gasteiger partial charge in [-0.25, -0.2) is 0 Å². The summed E-state index contributed by atoms with van der Waals surface area (Å²) in [6.07, 6.45) is 3.81. The fourth-order valence-electron chi connectivity index (χ4n) is 1.71. The first kappa shape index (κ1) is 11.4. The molecule has 0 saturated carbocycles. The van der Waals surface area contributed by atoms with Gasteiger partial charge in [0.05, 0.1) is 6.26 Å². The molecule has 0 aliphatic carbocycles. The molecule has 2 aromatic rings. The summed E-state index contributed by atoms with van der Waals surface area (Å²) in [5.41, 5.74) is 0. The van der Waals surface area contributed by atoms with Crippen LogP contribution in [0.25, 0.3) is 0 Å². The molecule has 2 heterocycles. The van der Waals surface area contributed by atoms with Crippen molar-refractivity contribution in [3.63, 3.8) is 0 Å². The lowest BCUT2D eigenvalue weighted by Crippen LogP contribution is -2.23. The second kappa shape index (κ2) is 5.87. The van der Waals surface area contributed by atoms with Crippen LogP contribution in [-0.2, 0) is 6.42 Å². The molecule has 16 heavy (non-hydrogen) atoms. The van der Waals surface area contributed by atoms with E-state index in [1.165, 1.54) is 4.88 Å². The van der Waals surface area contributed by atoms with Gasteiger partial charge in [-0.05, 0) is 36.5 Å². The Kier molecular flexibility index (Phi) is 4.19. The van der Waals surface area contributed by atoms with Gasteiger partial charge in [0.25, 0.3) is 0 Å². The third-order valence-corrected chi connectivity index (χ3v) is 3.50. The maximum atomic E-state index is 5.41. The number of furan rings is 1. The van der Waals surface area contributed by atoms with E-state index >= 15 is 0 Å². The summed E-state index contributed by atoms with van der Waals surface area (Å²) in [7, 11) is 0. The van der Waals surface area contributed by atoms with Gasteiger partial charge in [-0.15, -0.1) is 11.3 Å². The van der Waals surface area contributed by atoms with Crippen molar-refractivity contribution in [1.82, 2.24) is 5.32 Å². The lowest BCUT2D eigenvalue weighted by atomic mass is 10.1. The van der Waals surface area contributed by atoms with Crippen LogP contribution in [0.4, 0.5) is 0 Å². The molecule has 2 aromatic heterocycles. The van der Waals surface area contributed by atoms with Crippen molar-refractivity contribution in [1.29, 1.82) is 0 Å². The second-order valence-corrected chi connectivity index (χ2v) is 4.78. The molecule has 0 aromatic carbocycles. The van der Waals surface area contributed by atoms with E-state index in [0.717, 1.165) is 25.1 Å². The largest absolute Gasteiger partial charge is 0.469 e. The Bertz CT molecular complexity index is 380. The highest BCUT2D eigenvalue weighted by molar-refractivity contribution is 7.10. The fourth-order valence-corrected chi connectivity index (χ4v) is 2.51. The normalized spacial score (nSPS) is 12.8. The molecule has 2 rings (SSSR count). The minimum Gasteiger partial charge on any atom is -0.469 e. The van der Waals surface area contributed by atoms with Gasteiger partial charge in [-0.3, -0.25) is 0 Å². The fraction of sp³-hybridized carbons (Fsp3) is 0.385. The van der Waals surface area contributed by atoms with Crippen LogP contribution in [0.15, 0.2) is 40.3 Å². The quantitative estimate of drug-likeness (QED) is 0.827. The number of hydrogen-bond acceptors (Lipinski definition) is 3. The molecule has 0 aliphatic heterocycles. The summed E-state index contributed by atoms with van der Waals surface area (Å²) in [5, 5.41) is 5.68. The summed E-state index contributed by atoms with van der Waals surface area (Å²) >= 11 is 1.80. The Morgan fingerprint density at radius 2 is 2.31 bits per heavy atom. The minimum absolute atomic E-state index is 0.381. The summed E-state index contributed by atoms with van der Waals surface area (Å²) in [5.74, 6) is 1.04. The van der Waals surface area contributed by atoms with Crippen molar-refractivity contribution in [3.05, 3.63) is 46.5 Å². The van der Waals surface area contributed by atoms with E-state index in [-0.39, 0.29) is 0 Å². The monoisotopic (exact) mass is 235 g/mol. The van der Waals surface area contributed by atoms with Crippen LogP contribution in [0, 0.1) is 0 Å². The predicted octanol–water partition coefficient (Wildman–Crippen LogP) is 3.62. The summed E-state index contributed by atoms with van der Waals surface area (Å²) in [6.45, 7) is 3.23. The Morgan fingerprint density at radius 3 is 2.94 bits per heavy atom. The number of rotatable bonds is 6. The van der Waals surface area contributed by atoms with E-state index in [0.29, 0.717) is 6.04 Å². The second-order valence-electron chi connectivity index (χ2n) is 3.81. The molecule has 3 heteroatoms. The maximum Gasteiger partial charge on any atom is 0.105 e. The molecule has 0 aliphatic rings. The van der Waals surface area contributed by atoms with Gasteiger partial charge in [-0.2, -0.15) is 0 Å². The summed E-state index contributed by atoms with van der Waals surface area (Å²) < 4.78 is 5.41. The smallest absolute Gasteiger partial charge is 0.105 e. The van der Waals surface area contributed by atoms with Crippen molar-refractivity contribution in [2.45, 2.75) is 25.8 Å². The van der Waals surface area contributed by atoms with Crippen LogP contribution in [0.1, 0.15) is 30.0 Å². The average Bonchev–Trinajstić information content (AvgIpc) is 2.96. The van der Waals surface area contributed by atoms with Crippen molar-refractivity contribution in [3.8, 4) is 0 Å². The zero-order valence-corrected chi connectivity index (χ0v) is 10.3. The van der Waals surface area contributed by atoms with Crippen molar-refractivity contribution in [2.24, 2.45) is 0 Å². The van der Waals surface area contributed by atoms with E-state index in [4.69, 9.17) is 4.42 Å². The van der Waals surface area contributed by atoms with Crippen molar-refractivity contribution in [2.75, 3.05) is 6.54 Å². The Balaban J connectivity index is 2.03. The van der Waals surface area contributed by atoms with Crippen LogP contribution in [0.3, 0.4) is 0 Å². The van der Waals surface area contributed by atoms with Crippen LogP contribution in [0.2, 0.25) is 0 Å². The molecule has 2 nitrogen and oxygen atoms in total. The van der Waals surface area contributed by atoms with Gasteiger partial charge >= 0.3 is 0 Å². The number of thiophene rings is 1. The van der Waals surface area contributed by atoms with E-state index in [1.807, 2.05) is 12.1 Å². The number of nitrogens with one attached hydrogen (secondary N) is 1. The molecular weight excluding hydrogens is 218 g/mol. The first-order chi connectivity index (χ1) is 7.90. The molecule has 86 valence electrons. The van der Waals surface area contributed by atoms with Crippen LogP contribution < -0.4 is 5.32 Å². The van der Waals surface area contributed by atoms with Crippen LogP contribution in [0.5, 0.6) is 0 Å². The molecule has 1 N–H and O–H groups in total. The minimum atomic E-state index is 0.381. The highest BCUT2D eigenvalue weighted by atomic mass is 32.1. The molecule has 1 unspecified atom stereocenters. The molecule has 0 fully saturated rings. The average molecular weight is 235 g/mol. The molecule has 1 atom stereocenters. The van der Waals surface area contributed by atoms with Crippen LogP contribution >= 0.6 is 11.3 Å². The third-order valence-electron chi connectivity index (χ3n) is 2.51. The molecule has 0 saturated heterocycles. The summed E-state index contributed by atoms with van der Waals surface area (Å²) in [6, 6.07) is 8.64. The predicted molar refractivity (Wildman–Crippen MR) is 67.8 cm³/mol. The van der Waals surface area contributed by atoms with Gasteiger partial charge in [0.1, 0.15) is 5.76 Å². The third kappa shape index (κ3) is 2.97. The Morgan fingerprint density at radius 1 is 1.38 bits per heavy atom. The lowest BCUT2D eigenvalue weighted by Gasteiger charge is -2.15. The van der Waals surface area contributed by atoms with Gasteiger partial charge in [0.2, 0.25) is 0 Å². The molecule has 0 amide bonds. The van der Waals surface area contributed by atoms with E-state index in [2.05, 4.69) is 29.8 Å². The van der Waals surface area contributed by atoms with E-state index < -0.39 is 0 Å². The van der Waals surface area contributed by atoms with Crippen molar-refractivity contribution < 1.29 is 4.42 Å². The Labute approximate surface area is 100 Å². The molecular formula is C13H17NOS. The Hall–Kier alpha value is -1.06. The van der Waals surface area contributed by atoms with E-state index in [9.17, 15) is 0 Å². The number of hydrogen-bond donors (Lipinski definition) is 1. The van der Waals surface area contributed by atoms with Gasteiger partial charge in [0, 0.05) is 17.3 Å². The molecule has 0 radical (unpaired) electrons. The summed E-state index contributed by atoms with van der Waals surface area (Å²) in [4.78, 5) is 1.38. The van der Waals surface area contributed by atoms with Gasteiger partial charge in [-0.1, -0.05) is 13.0 Å². The first-order valence-electron chi connectivity index (χ1n) is 5.69. The lowest BCUT2D eigenvalue weighted by molar-refractivity contribution is 0.452. The topological polar surface area (TPSA) is 25.2 Å². The molecule has 0 bridgehead atoms. The SMILES string of the molecule is CCCNC(Cc1ccco1)c1cccs1. The standard InChI is InChI=1S/C13H17NOS/c1-2-7-14-12(13-6-4-9-16-13)10-11-5-3-8-15-11/h3-6,8-9,12,14H,2,7,10H2,1H3. The van der Waals surface area contributed by atoms with E-state index in [1.54, 1.807) is 17.6 Å².